The molecule has 1 rings (SSSR count). The third kappa shape index (κ3) is 3.94. The summed E-state index contributed by atoms with van der Waals surface area (Å²) in [4.78, 5) is 36.0. The van der Waals surface area contributed by atoms with Gasteiger partial charge in [-0.15, -0.1) is 0 Å². The van der Waals surface area contributed by atoms with Gasteiger partial charge in [-0.3, -0.25) is 14.4 Å². The number of rotatable bonds is 5. The second-order valence-corrected chi connectivity index (χ2v) is 5.30. The van der Waals surface area contributed by atoms with E-state index < -0.39 is 17.8 Å². The van der Waals surface area contributed by atoms with E-state index in [1.54, 1.807) is 14.1 Å². The summed E-state index contributed by atoms with van der Waals surface area (Å²) >= 11 is 0. The molecule has 3 unspecified atom stereocenters. The Hall–Kier alpha value is -1.59. The molecule has 0 heterocycles. The van der Waals surface area contributed by atoms with Crippen LogP contribution in [0.25, 0.3) is 0 Å². The van der Waals surface area contributed by atoms with Crippen LogP contribution in [0.1, 0.15) is 26.2 Å². The van der Waals surface area contributed by atoms with Crippen LogP contribution in [0.4, 0.5) is 0 Å². The van der Waals surface area contributed by atoms with Crippen molar-refractivity contribution in [1.82, 2.24) is 10.2 Å². The van der Waals surface area contributed by atoms with Gasteiger partial charge in [-0.2, -0.15) is 0 Å². The summed E-state index contributed by atoms with van der Waals surface area (Å²) in [5.74, 6) is -2.31. The van der Waals surface area contributed by atoms with E-state index in [4.69, 9.17) is 5.11 Å². The van der Waals surface area contributed by atoms with Crippen LogP contribution < -0.4 is 5.32 Å². The largest absolute Gasteiger partial charge is 0.481 e. The fourth-order valence-corrected chi connectivity index (χ4v) is 2.49. The number of carboxylic acids is 1. The van der Waals surface area contributed by atoms with Gasteiger partial charge in [-0.1, -0.05) is 13.3 Å². The van der Waals surface area contributed by atoms with Crippen molar-refractivity contribution < 1.29 is 19.5 Å². The van der Waals surface area contributed by atoms with Gasteiger partial charge in [0.25, 0.3) is 0 Å². The Morgan fingerprint density at radius 2 is 1.79 bits per heavy atom. The molecule has 1 aliphatic carbocycles. The molecule has 0 saturated heterocycles. The summed E-state index contributed by atoms with van der Waals surface area (Å²) in [6.45, 7) is 1.92. The van der Waals surface area contributed by atoms with E-state index in [-0.39, 0.29) is 24.3 Å². The van der Waals surface area contributed by atoms with Crippen molar-refractivity contribution in [3.8, 4) is 0 Å². The number of carboxylic acid groups (broad SMARTS) is 1. The predicted octanol–water partition coefficient (Wildman–Crippen LogP) is 0.328. The summed E-state index contributed by atoms with van der Waals surface area (Å²) < 4.78 is 0. The number of nitrogens with one attached hydrogen (secondary N) is 1. The highest BCUT2D eigenvalue weighted by atomic mass is 16.4. The molecule has 0 spiro atoms. The molecule has 2 amide bonds. The molecule has 108 valence electrons. The molecule has 0 aliphatic heterocycles. The molecule has 1 aliphatic rings. The van der Waals surface area contributed by atoms with E-state index in [9.17, 15) is 14.4 Å². The number of carbonyl (C=O) groups excluding carboxylic acids is 2. The van der Waals surface area contributed by atoms with Gasteiger partial charge in [0, 0.05) is 14.1 Å². The summed E-state index contributed by atoms with van der Waals surface area (Å²) in [5.41, 5.74) is 0. The zero-order valence-corrected chi connectivity index (χ0v) is 11.7. The number of nitrogens with zero attached hydrogens (tertiary/aromatic N) is 1. The van der Waals surface area contributed by atoms with E-state index in [1.807, 2.05) is 6.92 Å². The molecule has 2 N–H and O–H groups in total. The van der Waals surface area contributed by atoms with Crippen molar-refractivity contribution in [1.29, 1.82) is 0 Å². The second-order valence-electron chi connectivity index (χ2n) is 5.30. The maximum atomic E-state index is 12.0. The van der Waals surface area contributed by atoms with Crippen molar-refractivity contribution in [2.45, 2.75) is 26.2 Å². The fourth-order valence-electron chi connectivity index (χ4n) is 2.49. The van der Waals surface area contributed by atoms with Crippen molar-refractivity contribution in [2.24, 2.45) is 17.8 Å². The number of carbonyl (C=O) groups is 3. The summed E-state index contributed by atoms with van der Waals surface area (Å²) in [7, 11) is 3.22. The van der Waals surface area contributed by atoms with E-state index in [0.29, 0.717) is 12.8 Å². The number of aliphatic carboxylic acids is 1. The Kier molecular flexibility index (Phi) is 5.32. The van der Waals surface area contributed by atoms with Crippen LogP contribution in [0.15, 0.2) is 0 Å². The van der Waals surface area contributed by atoms with Crippen LogP contribution in [-0.4, -0.2) is 48.4 Å². The zero-order valence-electron chi connectivity index (χ0n) is 11.7. The molecule has 0 aromatic carbocycles. The van der Waals surface area contributed by atoms with Gasteiger partial charge in [0.05, 0.1) is 18.4 Å². The molecule has 6 nitrogen and oxygen atoms in total. The van der Waals surface area contributed by atoms with Crippen LogP contribution >= 0.6 is 0 Å². The normalized spacial score (nSPS) is 25.9. The average molecular weight is 270 g/mol. The van der Waals surface area contributed by atoms with Crippen LogP contribution in [-0.2, 0) is 14.4 Å². The first-order valence-electron chi connectivity index (χ1n) is 6.57. The monoisotopic (exact) mass is 270 g/mol. The topological polar surface area (TPSA) is 86.7 Å². The van der Waals surface area contributed by atoms with Crippen LogP contribution in [0, 0.1) is 17.8 Å². The number of hydrogen-bond acceptors (Lipinski definition) is 3. The fraction of sp³-hybridized carbons (Fsp3) is 0.769. The lowest BCUT2D eigenvalue weighted by molar-refractivity contribution is -0.146. The number of amides is 2. The van der Waals surface area contributed by atoms with Crippen LogP contribution in [0.3, 0.4) is 0 Å². The minimum Gasteiger partial charge on any atom is -0.481 e. The Morgan fingerprint density at radius 3 is 2.26 bits per heavy atom. The molecule has 3 atom stereocenters. The van der Waals surface area contributed by atoms with Gasteiger partial charge in [0.15, 0.2) is 0 Å². The molecule has 0 radical (unpaired) electrons. The summed E-state index contributed by atoms with van der Waals surface area (Å²) in [6, 6.07) is 0. The van der Waals surface area contributed by atoms with Crippen LogP contribution in [0.5, 0.6) is 0 Å². The maximum absolute atomic E-state index is 12.0. The zero-order chi connectivity index (χ0) is 14.6. The second kappa shape index (κ2) is 6.54. The predicted molar refractivity (Wildman–Crippen MR) is 69.3 cm³/mol. The van der Waals surface area contributed by atoms with Gasteiger partial charge in [-0.05, 0) is 18.8 Å². The molecule has 1 fully saturated rings. The average Bonchev–Trinajstić information content (AvgIpc) is 2.79. The molecular weight excluding hydrogens is 248 g/mol. The van der Waals surface area contributed by atoms with E-state index in [1.165, 1.54) is 4.90 Å². The molecule has 6 heteroatoms. The first-order chi connectivity index (χ1) is 8.86. The highest BCUT2D eigenvalue weighted by Crippen LogP contribution is 2.38. The standard InChI is InChI=1S/C13H22N2O4/c1-4-8-5-9(10(6-8)13(18)19)12(17)14-7-11(16)15(2)3/h8-10H,4-7H2,1-3H3,(H,14,17)(H,18,19). The van der Waals surface area contributed by atoms with Gasteiger partial charge < -0.3 is 15.3 Å². The Morgan fingerprint density at radius 1 is 1.21 bits per heavy atom. The van der Waals surface area contributed by atoms with Crippen molar-refractivity contribution >= 4 is 17.8 Å². The minimum atomic E-state index is -0.921. The lowest BCUT2D eigenvalue weighted by Gasteiger charge is -2.16. The SMILES string of the molecule is CCC1CC(C(=O)O)C(C(=O)NCC(=O)N(C)C)C1. The van der Waals surface area contributed by atoms with Gasteiger partial charge in [0.2, 0.25) is 11.8 Å². The molecule has 0 bridgehead atoms. The summed E-state index contributed by atoms with van der Waals surface area (Å²) in [6.07, 6.45) is 2.02. The third-order valence-corrected chi connectivity index (χ3v) is 3.80. The number of hydrogen-bond donors (Lipinski definition) is 2. The Balaban J connectivity index is 2.59. The molecule has 0 aromatic heterocycles. The number of likely N-dealkylation sites (N-methyl/N-ethyl adjacent to an activating group) is 1. The first kappa shape index (κ1) is 15.5. The van der Waals surface area contributed by atoms with Gasteiger partial charge in [0.1, 0.15) is 0 Å². The van der Waals surface area contributed by atoms with Gasteiger partial charge in [-0.25, -0.2) is 0 Å². The smallest absolute Gasteiger partial charge is 0.307 e. The Labute approximate surface area is 113 Å². The Bertz CT molecular complexity index is 368. The minimum absolute atomic E-state index is 0.0779. The molecule has 19 heavy (non-hydrogen) atoms. The first-order valence-corrected chi connectivity index (χ1v) is 6.57. The lowest BCUT2D eigenvalue weighted by atomic mass is 9.95. The molecule has 0 aromatic rings. The lowest BCUT2D eigenvalue weighted by Crippen LogP contribution is -2.41. The molecule has 1 saturated carbocycles. The quantitative estimate of drug-likeness (QED) is 0.753. The van der Waals surface area contributed by atoms with E-state index >= 15 is 0 Å². The summed E-state index contributed by atoms with van der Waals surface area (Å²) in [5, 5.41) is 11.7. The maximum Gasteiger partial charge on any atom is 0.307 e. The van der Waals surface area contributed by atoms with Gasteiger partial charge >= 0.3 is 5.97 Å². The van der Waals surface area contributed by atoms with Crippen molar-refractivity contribution in [3.05, 3.63) is 0 Å². The third-order valence-electron chi connectivity index (χ3n) is 3.80. The highest BCUT2D eigenvalue weighted by Gasteiger charge is 2.42. The highest BCUT2D eigenvalue weighted by molar-refractivity contribution is 5.88. The van der Waals surface area contributed by atoms with Crippen LogP contribution in [0.2, 0.25) is 0 Å². The molecular formula is C13H22N2O4. The van der Waals surface area contributed by atoms with E-state index in [0.717, 1.165) is 6.42 Å². The van der Waals surface area contributed by atoms with Crippen molar-refractivity contribution in [2.75, 3.05) is 20.6 Å². The van der Waals surface area contributed by atoms with E-state index in [2.05, 4.69) is 5.32 Å². The van der Waals surface area contributed by atoms with Crippen molar-refractivity contribution in [3.63, 3.8) is 0 Å².